The van der Waals surface area contributed by atoms with Crippen molar-refractivity contribution in [2.75, 3.05) is 13.2 Å². The summed E-state index contributed by atoms with van der Waals surface area (Å²) in [5, 5.41) is 4.56. The van der Waals surface area contributed by atoms with Crippen molar-refractivity contribution in [2.45, 2.75) is 45.7 Å². The van der Waals surface area contributed by atoms with Crippen molar-refractivity contribution in [3.63, 3.8) is 0 Å². The summed E-state index contributed by atoms with van der Waals surface area (Å²) in [6.45, 7) is 6.21. The van der Waals surface area contributed by atoms with Crippen LogP contribution in [0.1, 0.15) is 29.8 Å². The zero-order valence-electron chi connectivity index (χ0n) is 14.9. The van der Waals surface area contributed by atoms with E-state index in [2.05, 4.69) is 29.1 Å². The van der Waals surface area contributed by atoms with E-state index in [1.807, 2.05) is 29.8 Å². The van der Waals surface area contributed by atoms with Crippen molar-refractivity contribution in [3.8, 4) is 5.75 Å². The van der Waals surface area contributed by atoms with Crippen molar-refractivity contribution in [1.82, 2.24) is 14.7 Å². The largest absolute Gasteiger partial charge is 0.492 e. The first kappa shape index (κ1) is 16.2. The molecule has 5 heteroatoms. The minimum atomic E-state index is -0.0732. The fraction of sp³-hybridized carbons (Fsp3) is 0.500. The molecule has 0 bridgehead atoms. The number of ether oxygens (including phenoxy) is 1. The van der Waals surface area contributed by atoms with Crippen molar-refractivity contribution in [3.05, 3.63) is 47.3 Å². The van der Waals surface area contributed by atoms with Gasteiger partial charge in [-0.15, -0.1) is 0 Å². The predicted molar refractivity (Wildman–Crippen MR) is 95.6 cm³/mol. The lowest BCUT2D eigenvalue weighted by atomic mass is 9.95. The van der Waals surface area contributed by atoms with Crippen molar-refractivity contribution in [2.24, 2.45) is 5.92 Å². The molecule has 0 unspecified atom stereocenters. The van der Waals surface area contributed by atoms with Gasteiger partial charge in [-0.2, -0.15) is 5.10 Å². The zero-order chi connectivity index (χ0) is 17.4. The maximum absolute atomic E-state index is 13.1. The summed E-state index contributed by atoms with van der Waals surface area (Å²) in [7, 11) is 0. The number of carbonyl (C=O) groups excluding carboxylic acids is 1. The summed E-state index contributed by atoms with van der Waals surface area (Å²) in [6.07, 6.45) is 2.90. The van der Waals surface area contributed by atoms with Crippen molar-refractivity contribution in [1.29, 1.82) is 0 Å². The zero-order valence-corrected chi connectivity index (χ0v) is 14.9. The van der Waals surface area contributed by atoms with Gasteiger partial charge in [-0.1, -0.05) is 18.2 Å². The molecule has 0 aliphatic carbocycles. The quantitative estimate of drug-likeness (QED) is 0.864. The monoisotopic (exact) mass is 339 g/mol. The van der Waals surface area contributed by atoms with Gasteiger partial charge in [0.05, 0.1) is 24.2 Å². The summed E-state index contributed by atoms with van der Waals surface area (Å²) >= 11 is 0. The van der Waals surface area contributed by atoms with E-state index in [1.54, 1.807) is 0 Å². The Bertz CT molecular complexity index is 783. The van der Waals surface area contributed by atoms with Gasteiger partial charge in [-0.3, -0.25) is 9.48 Å². The summed E-state index contributed by atoms with van der Waals surface area (Å²) in [4.78, 5) is 15.2. The lowest BCUT2D eigenvalue weighted by Crippen LogP contribution is -2.44. The molecule has 1 aromatic carbocycles. The van der Waals surface area contributed by atoms with Crippen LogP contribution in [-0.2, 0) is 17.8 Å². The number of nitrogens with zero attached hydrogens (tertiary/aromatic N) is 3. The Hall–Kier alpha value is -2.30. The van der Waals surface area contributed by atoms with Crippen LogP contribution >= 0.6 is 0 Å². The molecule has 5 nitrogen and oxygen atoms in total. The van der Waals surface area contributed by atoms with Crippen LogP contribution in [-0.4, -0.2) is 39.8 Å². The molecule has 1 fully saturated rings. The molecule has 2 atom stereocenters. The van der Waals surface area contributed by atoms with Crippen molar-refractivity contribution >= 4 is 5.91 Å². The van der Waals surface area contributed by atoms with Crippen LogP contribution in [0.25, 0.3) is 0 Å². The number of benzene rings is 1. The standard InChI is InChI=1S/C20H25N3O2/c1-14-10-15(2)23(21-14)12-18-7-5-9-22(18)20(24)17-11-16-6-3-4-8-19(16)25-13-17/h3-4,6,8,10,17-18H,5,7,9,11-13H2,1-2H3/t17-,18-/m0/s1. The van der Waals surface area contributed by atoms with Gasteiger partial charge in [0.1, 0.15) is 12.4 Å². The normalized spacial score (nSPS) is 22.6. The number of hydrogen-bond acceptors (Lipinski definition) is 3. The summed E-state index contributed by atoms with van der Waals surface area (Å²) in [6, 6.07) is 10.4. The average molecular weight is 339 g/mol. The minimum Gasteiger partial charge on any atom is -0.492 e. The molecule has 0 N–H and O–H groups in total. The molecule has 2 aliphatic heterocycles. The number of hydrogen-bond donors (Lipinski definition) is 0. The Balaban J connectivity index is 1.47. The van der Waals surface area contributed by atoms with Crippen molar-refractivity contribution < 1.29 is 9.53 Å². The minimum absolute atomic E-state index is 0.0732. The van der Waals surface area contributed by atoms with Crippen LogP contribution in [0.15, 0.2) is 30.3 Å². The second-order valence-electron chi connectivity index (χ2n) is 7.26. The number of para-hydroxylation sites is 1. The van der Waals surface area contributed by atoms with Crippen LogP contribution < -0.4 is 4.74 Å². The summed E-state index contributed by atoms with van der Waals surface area (Å²) in [5.74, 6) is 1.08. The molecule has 0 spiro atoms. The number of amides is 1. The van der Waals surface area contributed by atoms with Gasteiger partial charge >= 0.3 is 0 Å². The number of rotatable bonds is 3. The third-order valence-corrected chi connectivity index (χ3v) is 5.38. The lowest BCUT2D eigenvalue weighted by molar-refractivity contribution is -0.138. The maximum atomic E-state index is 13.1. The SMILES string of the molecule is Cc1cc(C)n(C[C@@H]2CCCN2C(=O)[C@@H]2COc3ccccc3C2)n1. The number of likely N-dealkylation sites (tertiary alicyclic amines) is 1. The van der Waals surface area contributed by atoms with Gasteiger partial charge < -0.3 is 9.64 Å². The fourth-order valence-electron chi connectivity index (χ4n) is 4.10. The van der Waals surface area contributed by atoms with E-state index in [9.17, 15) is 4.79 Å². The Labute approximate surface area is 148 Å². The van der Waals surface area contributed by atoms with E-state index < -0.39 is 0 Å². The summed E-state index contributed by atoms with van der Waals surface area (Å²) < 4.78 is 7.87. The van der Waals surface area contributed by atoms with Gasteiger partial charge in [0, 0.05) is 12.2 Å². The first-order valence-corrected chi connectivity index (χ1v) is 9.14. The Kier molecular flexibility index (Phi) is 4.24. The highest BCUT2D eigenvalue weighted by Crippen LogP contribution is 2.30. The van der Waals surface area contributed by atoms with E-state index in [1.165, 1.54) is 0 Å². The fourth-order valence-corrected chi connectivity index (χ4v) is 4.10. The first-order valence-electron chi connectivity index (χ1n) is 9.14. The second-order valence-corrected chi connectivity index (χ2v) is 7.26. The average Bonchev–Trinajstić information content (AvgIpc) is 3.20. The molecule has 2 aromatic rings. The molecule has 1 amide bonds. The van der Waals surface area contributed by atoms with E-state index >= 15 is 0 Å². The van der Waals surface area contributed by atoms with E-state index in [4.69, 9.17) is 4.74 Å². The molecular formula is C20H25N3O2. The third kappa shape index (κ3) is 3.15. The molecule has 25 heavy (non-hydrogen) atoms. The van der Waals surface area contributed by atoms with Gasteiger partial charge in [0.25, 0.3) is 0 Å². The molecule has 0 saturated carbocycles. The Morgan fingerprint density at radius 2 is 2.16 bits per heavy atom. The van der Waals surface area contributed by atoms with Crippen LogP contribution in [0.2, 0.25) is 0 Å². The highest BCUT2D eigenvalue weighted by molar-refractivity contribution is 5.80. The summed E-state index contributed by atoms with van der Waals surface area (Å²) in [5.41, 5.74) is 3.33. The maximum Gasteiger partial charge on any atom is 0.229 e. The Morgan fingerprint density at radius 3 is 2.96 bits per heavy atom. The smallest absolute Gasteiger partial charge is 0.229 e. The van der Waals surface area contributed by atoms with Crippen LogP contribution in [0, 0.1) is 19.8 Å². The molecule has 2 aliphatic rings. The third-order valence-electron chi connectivity index (χ3n) is 5.38. The Morgan fingerprint density at radius 1 is 1.32 bits per heavy atom. The number of fused-ring (bicyclic) bond motifs is 1. The molecule has 4 rings (SSSR count). The topological polar surface area (TPSA) is 47.4 Å². The highest BCUT2D eigenvalue weighted by atomic mass is 16.5. The number of aryl methyl sites for hydroxylation is 2. The van der Waals surface area contributed by atoms with E-state index in [0.29, 0.717) is 6.61 Å². The molecule has 1 aromatic heterocycles. The van der Waals surface area contributed by atoms with Crippen LogP contribution in [0.3, 0.4) is 0 Å². The van der Waals surface area contributed by atoms with Crippen LogP contribution in [0.4, 0.5) is 0 Å². The molecule has 3 heterocycles. The van der Waals surface area contributed by atoms with Gasteiger partial charge in [0.2, 0.25) is 5.91 Å². The number of carbonyl (C=O) groups is 1. The highest BCUT2D eigenvalue weighted by Gasteiger charge is 2.35. The molecule has 132 valence electrons. The number of aromatic nitrogens is 2. The van der Waals surface area contributed by atoms with Crippen LogP contribution in [0.5, 0.6) is 5.75 Å². The van der Waals surface area contributed by atoms with Gasteiger partial charge in [0.15, 0.2) is 0 Å². The van der Waals surface area contributed by atoms with Gasteiger partial charge in [-0.05, 0) is 50.8 Å². The second kappa shape index (κ2) is 6.54. The van der Waals surface area contributed by atoms with Gasteiger partial charge in [-0.25, -0.2) is 0 Å². The molecular weight excluding hydrogens is 314 g/mol. The lowest BCUT2D eigenvalue weighted by Gasteiger charge is -2.31. The predicted octanol–water partition coefficient (Wildman–Crippen LogP) is 2.74. The molecule has 1 saturated heterocycles. The van der Waals surface area contributed by atoms with E-state index in [-0.39, 0.29) is 17.9 Å². The first-order chi connectivity index (χ1) is 12.1. The molecule has 0 radical (unpaired) electrons. The van der Waals surface area contributed by atoms with E-state index in [0.717, 1.165) is 55.1 Å².